The zero-order valence-electron chi connectivity index (χ0n) is 10.6. The fourth-order valence-corrected chi connectivity index (χ4v) is 2.54. The third-order valence-corrected chi connectivity index (χ3v) is 3.50. The molecule has 1 atom stereocenters. The lowest BCUT2D eigenvalue weighted by atomic mass is 10.1. The second-order valence-electron chi connectivity index (χ2n) is 4.77. The number of amides is 1. The van der Waals surface area contributed by atoms with Crippen molar-refractivity contribution >= 4 is 5.91 Å². The van der Waals surface area contributed by atoms with Crippen LogP contribution in [0, 0.1) is 0 Å². The molecule has 1 aromatic heterocycles. The van der Waals surface area contributed by atoms with Crippen LogP contribution in [0.2, 0.25) is 0 Å². The SMILES string of the molecule is O=C(CCn1cncn1)NC1CCc2ccccc21. The summed E-state index contributed by atoms with van der Waals surface area (Å²) in [5.74, 6) is 0.0669. The molecule has 2 aromatic rings. The lowest BCUT2D eigenvalue weighted by Crippen LogP contribution is -2.27. The molecule has 1 aromatic carbocycles. The van der Waals surface area contributed by atoms with Crippen LogP contribution in [0.5, 0.6) is 0 Å². The molecule has 0 spiro atoms. The first-order valence-electron chi connectivity index (χ1n) is 6.52. The Hall–Kier alpha value is -2.17. The van der Waals surface area contributed by atoms with E-state index in [0.717, 1.165) is 12.8 Å². The Labute approximate surface area is 111 Å². The summed E-state index contributed by atoms with van der Waals surface area (Å²) in [6.45, 7) is 0.570. The van der Waals surface area contributed by atoms with E-state index in [1.807, 2.05) is 12.1 Å². The molecule has 1 heterocycles. The number of hydrogen-bond acceptors (Lipinski definition) is 3. The number of carbonyl (C=O) groups is 1. The summed E-state index contributed by atoms with van der Waals surface area (Å²) in [6.07, 6.45) is 5.57. The highest BCUT2D eigenvalue weighted by Crippen LogP contribution is 2.30. The lowest BCUT2D eigenvalue weighted by Gasteiger charge is -2.14. The number of fused-ring (bicyclic) bond motifs is 1. The highest BCUT2D eigenvalue weighted by atomic mass is 16.1. The summed E-state index contributed by atoms with van der Waals surface area (Å²) in [5.41, 5.74) is 2.61. The number of rotatable bonds is 4. The fourth-order valence-electron chi connectivity index (χ4n) is 2.54. The van der Waals surface area contributed by atoms with Crippen LogP contribution in [-0.4, -0.2) is 20.7 Å². The Bertz CT molecular complexity index is 565. The molecule has 5 heteroatoms. The average Bonchev–Trinajstić information content (AvgIpc) is 3.07. The smallest absolute Gasteiger partial charge is 0.222 e. The zero-order chi connectivity index (χ0) is 13.1. The van der Waals surface area contributed by atoms with Gasteiger partial charge in [0.05, 0.1) is 12.6 Å². The normalized spacial score (nSPS) is 17.2. The topological polar surface area (TPSA) is 59.8 Å². The molecular weight excluding hydrogens is 240 g/mol. The van der Waals surface area contributed by atoms with Crippen LogP contribution >= 0.6 is 0 Å². The minimum Gasteiger partial charge on any atom is -0.349 e. The van der Waals surface area contributed by atoms with E-state index in [-0.39, 0.29) is 11.9 Å². The molecule has 1 amide bonds. The van der Waals surface area contributed by atoms with Crippen molar-refractivity contribution in [1.82, 2.24) is 20.1 Å². The average molecular weight is 256 g/mol. The molecule has 98 valence electrons. The van der Waals surface area contributed by atoms with Crippen LogP contribution in [0.25, 0.3) is 0 Å². The molecule has 5 nitrogen and oxygen atoms in total. The van der Waals surface area contributed by atoms with Crippen molar-refractivity contribution in [1.29, 1.82) is 0 Å². The molecule has 0 fully saturated rings. The van der Waals surface area contributed by atoms with Crippen molar-refractivity contribution in [2.75, 3.05) is 0 Å². The number of nitrogens with one attached hydrogen (secondary N) is 1. The van der Waals surface area contributed by atoms with E-state index in [1.54, 1.807) is 11.0 Å². The van der Waals surface area contributed by atoms with Crippen LogP contribution in [0.4, 0.5) is 0 Å². The van der Waals surface area contributed by atoms with E-state index < -0.39 is 0 Å². The Balaban J connectivity index is 1.56. The van der Waals surface area contributed by atoms with E-state index in [0.29, 0.717) is 13.0 Å². The molecule has 1 N–H and O–H groups in total. The number of aryl methyl sites for hydroxylation is 2. The van der Waals surface area contributed by atoms with Gasteiger partial charge in [0.25, 0.3) is 0 Å². The highest BCUT2D eigenvalue weighted by molar-refractivity contribution is 5.76. The predicted molar refractivity (Wildman–Crippen MR) is 70.3 cm³/mol. The summed E-state index contributed by atoms with van der Waals surface area (Å²) in [6, 6.07) is 8.48. The fraction of sp³-hybridized carbons (Fsp3) is 0.357. The van der Waals surface area contributed by atoms with Crippen LogP contribution in [0.1, 0.15) is 30.0 Å². The Morgan fingerprint density at radius 2 is 2.32 bits per heavy atom. The van der Waals surface area contributed by atoms with Gasteiger partial charge in [0.15, 0.2) is 0 Å². The van der Waals surface area contributed by atoms with Crippen LogP contribution < -0.4 is 5.32 Å². The minimum absolute atomic E-state index is 0.0669. The second kappa shape index (κ2) is 5.22. The third-order valence-electron chi connectivity index (χ3n) is 3.50. The quantitative estimate of drug-likeness (QED) is 0.901. The number of aromatic nitrogens is 3. The van der Waals surface area contributed by atoms with Gasteiger partial charge in [-0.15, -0.1) is 0 Å². The molecule has 3 rings (SSSR count). The number of carbonyl (C=O) groups excluding carboxylic acids is 1. The van der Waals surface area contributed by atoms with Gasteiger partial charge in [-0.25, -0.2) is 4.98 Å². The van der Waals surface area contributed by atoms with E-state index in [9.17, 15) is 4.79 Å². The van der Waals surface area contributed by atoms with Crippen molar-refractivity contribution in [3.63, 3.8) is 0 Å². The maximum atomic E-state index is 11.9. The number of nitrogens with zero attached hydrogens (tertiary/aromatic N) is 3. The molecule has 1 unspecified atom stereocenters. The molecule has 19 heavy (non-hydrogen) atoms. The van der Waals surface area contributed by atoms with Crippen molar-refractivity contribution in [3.05, 3.63) is 48.0 Å². The summed E-state index contributed by atoms with van der Waals surface area (Å²) in [4.78, 5) is 15.8. The molecule has 1 aliphatic carbocycles. The van der Waals surface area contributed by atoms with Crippen molar-refractivity contribution in [2.45, 2.75) is 31.8 Å². The van der Waals surface area contributed by atoms with Gasteiger partial charge in [-0.2, -0.15) is 5.10 Å². The molecule has 0 radical (unpaired) electrons. The monoisotopic (exact) mass is 256 g/mol. The molecular formula is C14H16N4O. The van der Waals surface area contributed by atoms with Crippen LogP contribution in [0.3, 0.4) is 0 Å². The van der Waals surface area contributed by atoms with Gasteiger partial charge in [-0.1, -0.05) is 24.3 Å². The Morgan fingerprint density at radius 3 is 3.16 bits per heavy atom. The predicted octanol–water partition coefficient (Wildman–Crippen LogP) is 1.47. The van der Waals surface area contributed by atoms with Gasteiger partial charge in [0, 0.05) is 6.42 Å². The van der Waals surface area contributed by atoms with Crippen LogP contribution in [0.15, 0.2) is 36.9 Å². The second-order valence-corrected chi connectivity index (χ2v) is 4.77. The summed E-state index contributed by atoms with van der Waals surface area (Å²) in [5, 5.41) is 7.08. The zero-order valence-corrected chi connectivity index (χ0v) is 10.6. The number of benzene rings is 1. The van der Waals surface area contributed by atoms with E-state index in [4.69, 9.17) is 0 Å². The van der Waals surface area contributed by atoms with Crippen LogP contribution in [-0.2, 0) is 17.8 Å². The van der Waals surface area contributed by atoms with E-state index in [2.05, 4.69) is 27.5 Å². The van der Waals surface area contributed by atoms with Gasteiger partial charge in [-0.05, 0) is 24.0 Å². The molecule has 1 aliphatic rings. The van der Waals surface area contributed by atoms with Crippen molar-refractivity contribution in [3.8, 4) is 0 Å². The van der Waals surface area contributed by atoms with Gasteiger partial charge >= 0.3 is 0 Å². The first-order chi connectivity index (χ1) is 9.33. The minimum atomic E-state index is 0.0669. The molecule has 0 aliphatic heterocycles. The maximum absolute atomic E-state index is 11.9. The van der Waals surface area contributed by atoms with Crippen molar-refractivity contribution < 1.29 is 4.79 Å². The number of hydrogen-bond donors (Lipinski definition) is 1. The Morgan fingerprint density at radius 1 is 1.42 bits per heavy atom. The lowest BCUT2D eigenvalue weighted by molar-refractivity contribution is -0.122. The first kappa shape index (κ1) is 11.9. The highest BCUT2D eigenvalue weighted by Gasteiger charge is 2.22. The Kier molecular flexibility index (Phi) is 3.27. The summed E-state index contributed by atoms with van der Waals surface area (Å²) in [7, 11) is 0. The molecule has 0 bridgehead atoms. The standard InChI is InChI=1S/C14H16N4O/c19-14(7-8-18-10-15-9-16-18)17-13-6-5-11-3-1-2-4-12(11)13/h1-4,9-10,13H,5-8H2,(H,17,19). The summed E-state index contributed by atoms with van der Waals surface area (Å²) >= 11 is 0. The van der Waals surface area contributed by atoms with Gasteiger partial charge < -0.3 is 5.32 Å². The third kappa shape index (κ3) is 2.65. The summed E-state index contributed by atoms with van der Waals surface area (Å²) < 4.78 is 1.67. The molecule has 0 saturated carbocycles. The maximum Gasteiger partial charge on any atom is 0.222 e. The van der Waals surface area contributed by atoms with Gasteiger partial charge in [0.2, 0.25) is 5.91 Å². The molecule has 0 saturated heterocycles. The van der Waals surface area contributed by atoms with E-state index in [1.165, 1.54) is 17.5 Å². The van der Waals surface area contributed by atoms with Crippen molar-refractivity contribution in [2.24, 2.45) is 0 Å². The van der Waals surface area contributed by atoms with E-state index >= 15 is 0 Å². The van der Waals surface area contributed by atoms with Gasteiger partial charge in [-0.3, -0.25) is 9.48 Å². The first-order valence-corrected chi connectivity index (χ1v) is 6.52. The van der Waals surface area contributed by atoms with Gasteiger partial charge in [0.1, 0.15) is 12.7 Å². The largest absolute Gasteiger partial charge is 0.349 e.